The largest absolute Gasteiger partial charge is 0.395 e. The molecule has 0 aromatic heterocycles. The summed E-state index contributed by atoms with van der Waals surface area (Å²) in [6.45, 7) is 5.56. The Labute approximate surface area is 123 Å². The van der Waals surface area contributed by atoms with Gasteiger partial charge in [-0.25, -0.2) is 0 Å². The van der Waals surface area contributed by atoms with Crippen LogP contribution in [0.15, 0.2) is 0 Å². The minimum atomic E-state index is 0.0639. The molecule has 0 aromatic carbocycles. The first-order valence-electron chi connectivity index (χ1n) is 8.10. The fourth-order valence-corrected chi connectivity index (χ4v) is 3.12. The van der Waals surface area contributed by atoms with Crippen molar-refractivity contribution in [2.75, 3.05) is 19.7 Å². The van der Waals surface area contributed by atoms with Crippen LogP contribution in [0.3, 0.4) is 0 Å². The van der Waals surface area contributed by atoms with Gasteiger partial charge in [0, 0.05) is 19.0 Å². The zero-order valence-electron chi connectivity index (χ0n) is 13.2. The van der Waals surface area contributed by atoms with Gasteiger partial charge in [0.2, 0.25) is 5.91 Å². The maximum absolute atomic E-state index is 12.5. The Balaban J connectivity index is 2.51. The predicted molar refractivity (Wildman–Crippen MR) is 82.4 cm³/mol. The lowest BCUT2D eigenvalue weighted by molar-refractivity contribution is -0.135. The van der Waals surface area contributed by atoms with Crippen LogP contribution in [0.25, 0.3) is 0 Å². The fourth-order valence-electron chi connectivity index (χ4n) is 3.12. The van der Waals surface area contributed by atoms with Crippen LogP contribution in [0.4, 0.5) is 0 Å². The van der Waals surface area contributed by atoms with Crippen molar-refractivity contribution in [3.05, 3.63) is 0 Å². The van der Waals surface area contributed by atoms with Gasteiger partial charge in [0.15, 0.2) is 0 Å². The van der Waals surface area contributed by atoms with Gasteiger partial charge in [-0.05, 0) is 37.6 Å². The van der Waals surface area contributed by atoms with E-state index in [1.165, 1.54) is 19.3 Å². The van der Waals surface area contributed by atoms with Crippen molar-refractivity contribution in [1.29, 1.82) is 0 Å². The van der Waals surface area contributed by atoms with Crippen molar-refractivity contribution in [1.82, 2.24) is 4.90 Å². The summed E-state index contributed by atoms with van der Waals surface area (Å²) in [5.41, 5.74) is 5.74. The quantitative estimate of drug-likeness (QED) is 0.718. The zero-order valence-corrected chi connectivity index (χ0v) is 13.2. The van der Waals surface area contributed by atoms with Gasteiger partial charge in [0.1, 0.15) is 0 Å². The molecule has 3 N–H and O–H groups in total. The van der Waals surface area contributed by atoms with Crippen molar-refractivity contribution in [2.24, 2.45) is 11.1 Å². The molecule has 0 aliphatic heterocycles. The summed E-state index contributed by atoms with van der Waals surface area (Å²) in [6.07, 6.45) is 8.28. The van der Waals surface area contributed by atoms with E-state index < -0.39 is 0 Å². The number of hydrogen-bond acceptors (Lipinski definition) is 3. The first-order valence-corrected chi connectivity index (χ1v) is 8.10. The second-order valence-electron chi connectivity index (χ2n) is 6.81. The van der Waals surface area contributed by atoms with Gasteiger partial charge >= 0.3 is 0 Å². The van der Waals surface area contributed by atoms with Crippen molar-refractivity contribution in [3.8, 4) is 0 Å². The van der Waals surface area contributed by atoms with E-state index in [2.05, 4.69) is 13.8 Å². The molecular formula is C16H32N2O2. The van der Waals surface area contributed by atoms with Crippen molar-refractivity contribution < 1.29 is 9.90 Å². The van der Waals surface area contributed by atoms with E-state index in [9.17, 15) is 9.90 Å². The molecule has 20 heavy (non-hydrogen) atoms. The molecule has 1 aliphatic rings. The summed E-state index contributed by atoms with van der Waals surface area (Å²) in [4.78, 5) is 14.4. The number of carbonyl (C=O) groups is 1. The highest BCUT2D eigenvalue weighted by atomic mass is 16.3. The summed E-state index contributed by atoms with van der Waals surface area (Å²) in [6, 6.07) is 0.348. The van der Waals surface area contributed by atoms with Crippen molar-refractivity contribution in [2.45, 2.75) is 71.3 Å². The van der Waals surface area contributed by atoms with Crippen molar-refractivity contribution in [3.63, 3.8) is 0 Å². The molecule has 118 valence electrons. The first kappa shape index (κ1) is 17.4. The topological polar surface area (TPSA) is 66.6 Å². The number of rotatable bonds is 8. The lowest BCUT2D eigenvalue weighted by Crippen LogP contribution is -2.43. The number of amides is 1. The third-order valence-electron chi connectivity index (χ3n) is 4.51. The van der Waals surface area contributed by atoms with Crippen LogP contribution in [-0.2, 0) is 4.79 Å². The van der Waals surface area contributed by atoms with Gasteiger partial charge in [-0.3, -0.25) is 4.79 Å². The highest BCUT2D eigenvalue weighted by Gasteiger charge is 2.26. The molecule has 1 aliphatic carbocycles. The monoisotopic (exact) mass is 284 g/mol. The molecular weight excluding hydrogens is 252 g/mol. The Morgan fingerprint density at radius 3 is 2.45 bits per heavy atom. The Morgan fingerprint density at radius 1 is 1.25 bits per heavy atom. The van der Waals surface area contributed by atoms with E-state index in [-0.39, 0.29) is 17.9 Å². The van der Waals surface area contributed by atoms with Gasteiger partial charge in [0.05, 0.1) is 6.61 Å². The second-order valence-corrected chi connectivity index (χ2v) is 6.81. The molecule has 4 nitrogen and oxygen atoms in total. The van der Waals surface area contributed by atoms with Crippen LogP contribution in [0.5, 0.6) is 0 Å². The van der Waals surface area contributed by atoms with Gasteiger partial charge in [-0.2, -0.15) is 0 Å². The summed E-state index contributed by atoms with van der Waals surface area (Å²) < 4.78 is 0. The summed E-state index contributed by atoms with van der Waals surface area (Å²) in [5, 5.41) is 9.22. The van der Waals surface area contributed by atoms with Crippen LogP contribution >= 0.6 is 0 Å². The number of hydrogen-bond donors (Lipinski definition) is 2. The highest BCUT2D eigenvalue weighted by molar-refractivity contribution is 5.76. The normalized spacial score (nSPS) is 17.2. The standard InChI is InChI=1S/C16H32N2O2/c1-16(2,10-11-17)9-8-15(20)18(12-13-19)14-6-4-3-5-7-14/h14,19H,3-13,17H2,1-2H3. The van der Waals surface area contributed by atoms with Crippen LogP contribution in [0.1, 0.15) is 65.2 Å². The molecule has 1 rings (SSSR count). The molecule has 0 heterocycles. The van der Waals surface area contributed by atoms with Gasteiger partial charge < -0.3 is 15.7 Å². The fraction of sp³-hybridized carbons (Fsp3) is 0.938. The number of nitrogens with two attached hydrogens (primary N) is 1. The number of aliphatic hydroxyl groups excluding tert-OH is 1. The predicted octanol–water partition coefficient (Wildman–Crippen LogP) is 2.30. The molecule has 0 aromatic rings. The van der Waals surface area contributed by atoms with Crippen LogP contribution < -0.4 is 5.73 Å². The average Bonchev–Trinajstić information content (AvgIpc) is 2.43. The highest BCUT2D eigenvalue weighted by Crippen LogP contribution is 2.28. The smallest absolute Gasteiger partial charge is 0.222 e. The molecule has 0 radical (unpaired) electrons. The first-order chi connectivity index (χ1) is 9.50. The molecule has 0 saturated heterocycles. The van der Waals surface area contributed by atoms with E-state index in [0.29, 0.717) is 25.6 Å². The Hall–Kier alpha value is -0.610. The SMILES string of the molecule is CC(C)(CCN)CCC(=O)N(CCO)C1CCCCC1. The molecule has 0 spiro atoms. The Morgan fingerprint density at radius 2 is 1.90 bits per heavy atom. The summed E-state index contributed by atoms with van der Waals surface area (Å²) >= 11 is 0. The molecule has 0 atom stereocenters. The van der Waals surface area contributed by atoms with Crippen LogP contribution in [-0.4, -0.2) is 41.7 Å². The molecule has 1 saturated carbocycles. The molecule has 4 heteroatoms. The number of nitrogens with zero attached hydrogens (tertiary/aromatic N) is 1. The zero-order chi connectivity index (χ0) is 15.0. The third kappa shape index (κ3) is 5.80. The van der Waals surface area contributed by atoms with E-state index in [1.807, 2.05) is 4.90 Å². The number of aliphatic hydroxyl groups is 1. The van der Waals surface area contributed by atoms with Gasteiger partial charge in [-0.1, -0.05) is 33.1 Å². The van der Waals surface area contributed by atoms with Gasteiger partial charge in [0.25, 0.3) is 0 Å². The Kier molecular flexibility index (Phi) is 7.52. The maximum atomic E-state index is 12.5. The van der Waals surface area contributed by atoms with E-state index in [1.54, 1.807) is 0 Å². The lowest BCUT2D eigenvalue weighted by Gasteiger charge is -2.35. The summed E-state index contributed by atoms with van der Waals surface area (Å²) in [7, 11) is 0. The molecule has 0 unspecified atom stereocenters. The third-order valence-corrected chi connectivity index (χ3v) is 4.51. The average molecular weight is 284 g/mol. The van der Waals surface area contributed by atoms with Crippen LogP contribution in [0, 0.1) is 5.41 Å². The molecule has 1 amide bonds. The van der Waals surface area contributed by atoms with E-state index in [4.69, 9.17) is 5.73 Å². The van der Waals surface area contributed by atoms with Crippen molar-refractivity contribution >= 4 is 5.91 Å². The lowest BCUT2D eigenvalue weighted by atomic mass is 9.84. The molecule has 0 bridgehead atoms. The molecule has 1 fully saturated rings. The van der Waals surface area contributed by atoms with E-state index in [0.717, 1.165) is 25.7 Å². The minimum Gasteiger partial charge on any atom is -0.395 e. The van der Waals surface area contributed by atoms with E-state index >= 15 is 0 Å². The van der Waals surface area contributed by atoms with Gasteiger partial charge in [-0.15, -0.1) is 0 Å². The van der Waals surface area contributed by atoms with Crippen LogP contribution in [0.2, 0.25) is 0 Å². The second kappa shape index (κ2) is 8.63. The number of carbonyl (C=O) groups excluding carboxylic acids is 1. The summed E-state index contributed by atoms with van der Waals surface area (Å²) in [5.74, 6) is 0.205. The maximum Gasteiger partial charge on any atom is 0.222 e. The Bertz CT molecular complexity index is 286. The minimum absolute atomic E-state index is 0.0639.